The highest BCUT2D eigenvalue weighted by Crippen LogP contribution is 2.48. The molecule has 3 aromatic carbocycles. The molecule has 0 aromatic heterocycles. The molecular weight excluding hydrogens is 373 g/mol. The molecule has 0 saturated heterocycles. The number of hydrogen-bond donors (Lipinski definition) is 0. The molecule has 0 atom stereocenters. The van der Waals surface area contributed by atoms with Crippen molar-refractivity contribution >= 4 is 29.0 Å². The smallest absolute Gasteiger partial charge is 0.275 e. The minimum atomic E-state index is -3.72. The lowest BCUT2D eigenvalue weighted by Gasteiger charge is -2.20. The van der Waals surface area contributed by atoms with E-state index in [2.05, 4.69) is 0 Å². The van der Waals surface area contributed by atoms with Crippen LogP contribution in [0, 0.1) is 30.9 Å². The van der Waals surface area contributed by atoms with Gasteiger partial charge in [0.2, 0.25) is 12.7 Å². The number of aryl methyl sites for hydroxylation is 2. The third kappa shape index (κ3) is 3.19. The molecule has 0 unspecified atom stereocenters. The van der Waals surface area contributed by atoms with Gasteiger partial charge in [-0.25, -0.2) is 0 Å². The summed E-state index contributed by atoms with van der Waals surface area (Å²) in [6.45, 7) is 4.91. The van der Waals surface area contributed by atoms with Gasteiger partial charge in [0.05, 0.1) is 4.92 Å². The largest absolute Gasteiger partial charge is 0.305 e. The van der Waals surface area contributed by atoms with Crippen LogP contribution in [0.1, 0.15) is 27.0 Å². The van der Waals surface area contributed by atoms with Crippen LogP contribution in [-0.4, -0.2) is 10.4 Å². The van der Waals surface area contributed by atoms with Crippen molar-refractivity contribution in [2.75, 3.05) is 0 Å². The van der Waals surface area contributed by atoms with Crippen molar-refractivity contribution in [3.63, 3.8) is 0 Å². The molecule has 6 heteroatoms. The summed E-state index contributed by atoms with van der Waals surface area (Å²) in [6.07, 6.45) is 0. The Morgan fingerprint density at radius 1 is 0.857 bits per heavy atom. The van der Waals surface area contributed by atoms with Gasteiger partial charge < -0.3 is 4.57 Å². The fourth-order valence-corrected chi connectivity index (χ4v) is 6.21. The average Bonchev–Trinajstić information content (AvgIpc) is 2.67. The molecule has 0 bridgehead atoms. The van der Waals surface area contributed by atoms with Gasteiger partial charge >= 0.3 is 0 Å². The van der Waals surface area contributed by atoms with Crippen LogP contribution in [0.25, 0.3) is 0 Å². The number of nitro groups is 1. The first-order valence-electron chi connectivity index (χ1n) is 8.79. The number of benzene rings is 3. The van der Waals surface area contributed by atoms with E-state index in [0.717, 1.165) is 0 Å². The van der Waals surface area contributed by atoms with Crippen molar-refractivity contribution in [2.24, 2.45) is 0 Å². The summed E-state index contributed by atoms with van der Waals surface area (Å²) in [4.78, 5) is 24.8. The van der Waals surface area contributed by atoms with Crippen molar-refractivity contribution in [2.45, 2.75) is 20.8 Å². The van der Waals surface area contributed by atoms with Crippen LogP contribution in [-0.2, 0) is 4.57 Å². The van der Waals surface area contributed by atoms with Crippen molar-refractivity contribution in [1.82, 2.24) is 0 Å². The van der Waals surface area contributed by atoms with Crippen molar-refractivity contribution in [3.8, 4) is 0 Å². The molecule has 142 valence electrons. The quantitative estimate of drug-likeness (QED) is 0.358. The first-order valence-corrected chi connectivity index (χ1v) is 10.5. The third-order valence-corrected chi connectivity index (χ3v) is 7.70. The molecule has 0 amide bonds. The molecule has 0 aliphatic heterocycles. The van der Waals surface area contributed by atoms with Gasteiger partial charge in [-0.15, -0.1) is 0 Å². The second kappa shape index (κ2) is 7.53. The molecule has 0 N–H and O–H groups in total. The maximum absolute atomic E-state index is 14.3. The fraction of sp³-hybridized carbons (Fsp3) is 0.136. The zero-order valence-corrected chi connectivity index (χ0v) is 16.8. The summed E-state index contributed by atoms with van der Waals surface area (Å²) in [7, 11) is -3.72. The zero-order valence-electron chi connectivity index (χ0n) is 15.9. The summed E-state index contributed by atoms with van der Waals surface area (Å²) < 4.78 is 14.3. The standard InChI is InChI=1S/C22H20NO4P/c1-15-14-16(2)21(23(25)26)17(3)20(15)22(24)28(27,18-10-6-4-7-11-18)19-12-8-5-9-13-19/h4-14H,1-3H3. The maximum atomic E-state index is 14.3. The van der Waals surface area contributed by atoms with E-state index in [4.69, 9.17) is 0 Å². The third-order valence-electron chi connectivity index (χ3n) is 4.85. The summed E-state index contributed by atoms with van der Waals surface area (Å²) in [6, 6.07) is 18.8. The van der Waals surface area contributed by atoms with Gasteiger partial charge in [0.1, 0.15) is 0 Å². The Balaban J connectivity index is 2.33. The lowest BCUT2D eigenvalue weighted by Crippen LogP contribution is -2.24. The number of hydrogen-bond acceptors (Lipinski definition) is 4. The Bertz CT molecular complexity index is 1060. The monoisotopic (exact) mass is 393 g/mol. The van der Waals surface area contributed by atoms with Gasteiger partial charge in [-0.1, -0.05) is 60.7 Å². The van der Waals surface area contributed by atoms with Gasteiger partial charge in [0.15, 0.2) is 0 Å². The number of carbonyl (C=O) groups excluding carboxylic acids is 1. The van der Waals surface area contributed by atoms with Crippen molar-refractivity contribution < 1.29 is 14.3 Å². The van der Waals surface area contributed by atoms with E-state index < -0.39 is 17.6 Å². The summed E-state index contributed by atoms with van der Waals surface area (Å²) in [5, 5.41) is 12.4. The molecule has 0 fully saturated rings. The molecule has 0 aliphatic rings. The predicted octanol–water partition coefficient (Wildman–Crippen LogP) is 4.67. The molecule has 3 aromatic rings. The van der Waals surface area contributed by atoms with Crippen molar-refractivity contribution in [1.29, 1.82) is 0 Å². The normalized spacial score (nSPS) is 11.2. The predicted molar refractivity (Wildman–Crippen MR) is 111 cm³/mol. The van der Waals surface area contributed by atoms with Gasteiger partial charge in [0.25, 0.3) is 5.69 Å². The maximum Gasteiger partial charge on any atom is 0.275 e. The van der Waals surface area contributed by atoms with Gasteiger partial charge in [-0.3, -0.25) is 14.9 Å². The second-order valence-electron chi connectivity index (χ2n) is 6.70. The van der Waals surface area contributed by atoms with Gasteiger partial charge in [-0.05, 0) is 32.4 Å². The number of nitrogens with zero attached hydrogens (tertiary/aromatic N) is 1. The van der Waals surface area contributed by atoms with E-state index in [9.17, 15) is 19.5 Å². The first kappa shape index (κ1) is 19.7. The van der Waals surface area contributed by atoms with Gasteiger partial charge in [0, 0.05) is 27.3 Å². The molecule has 0 radical (unpaired) electrons. The molecule has 28 heavy (non-hydrogen) atoms. The Hall–Kier alpha value is -3.04. The van der Waals surface area contributed by atoms with E-state index in [1.54, 1.807) is 87.5 Å². The summed E-state index contributed by atoms with van der Waals surface area (Å²) in [5.41, 5.74) is 0.779. The van der Waals surface area contributed by atoms with Crippen LogP contribution in [0.2, 0.25) is 0 Å². The van der Waals surface area contributed by atoms with E-state index >= 15 is 0 Å². The lowest BCUT2D eigenvalue weighted by atomic mass is 9.98. The van der Waals surface area contributed by atoms with Gasteiger partial charge in [-0.2, -0.15) is 0 Å². The molecule has 0 spiro atoms. The molecule has 0 aliphatic carbocycles. The zero-order chi connectivity index (χ0) is 20.5. The van der Waals surface area contributed by atoms with E-state index in [0.29, 0.717) is 21.7 Å². The Morgan fingerprint density at radius 2 is 1.32 bits per heavy atom. The van der Waals surface area contributed by atoms with Crippen LogP contribution in [0.3, 0.4) is 0 Å². The van der Waals surface area contributed by atoms with E-state index in [-0.39, 0.29) is 16.8 Å². The summed E-state index contributed by atoms with van der Waals surface area (Å²) >= 11 is 0. The Morgan fingerprint density at radius 3 is 1.75 bits per heavy atom. The lowest BCUT2D eigenvalue weighted by molar-refractivity contribution is -0.386. The number of rotatable bonds is 5. The van der Waals surface area contributed by atoms with Crippen LogP contribution in [0.4, 0.5) is 5.69 Å². The van der Waals surface area contributed by atoms with Crippen LogP contribution >= 0.6 is 7.14 Å². The van der Waals surface area contributed by atoms with E-state index in [1.165, 1.54) is 0 Å². The Kier molecular flexibility index (Phi) is 5.30. The van der Waals surface area contributed by atoms with Crippen LogP contribution in [0.5, 0.6) is 0 Å². The van der Waals surface area contributed by atoms with Crippen LogP contribution in [0.15, 0.2) is 66.7 Å². The highest BCUT2D eigenvalue weighted by atomic mass is 31.2. The number of carbonyl (C=O) groups is 1. The molecule has 0 heterocycles. The highest BCUT2D eigenvalue weighted by molar-refractivity contribution is 7.93. The second-order valence-corrected chi connectivity index (χ2v) is 9.36. The average molecular weight is 393 g/mol. The topological polar surface area (TPSA) is 77.3 Å². The fourth-order valence-electron chi connectivity index (χ4n) is 3.60. The molecular formula is C22H20NO4P. The minimum Gasteiger partial charge on any atom is -0.305 e. The first-order chi connectivity index (χ1) is 13.3. The van der Waals surface area contributed by atoms with Crippen molar-refractivity contribution in [3.05, 3.63) is 99.1 Å². The van der Waals surface area contributed by atoms with Crippen LogP contribution < -0.4 is 10.6 Å². The SMILES string of the molecule is Cc1cc(C)c([N+](=O)[O-])c(C)c1C(=O)P(=O)(c1ccccc1)c1ccccc1. The molecule has 5 nitrogen and oxygen atoms in total. The minimum absolute atomic E-state index is 0.110. The summed E-state index contributed by atoms with van der Waals surface area (Å²) in [5.74, 6) is 0. The highest BCUT2D eigenvalue weighted by Gasteiger charge is 2.39. The molecule has 0 saturated carbocycles. The number of nitro benzene ring substituents is 1. The van der Waals surface area contributed by atoms with E-state index in [1.807, 2.05) is 0 Å². The Labute approximate surface area is 163 Å². The molecule has 3 rings (SSSR count).